The maximum Gasteiger partial charge on any atom is 0.310 e. The zero-order valence-electron chi connectivity index (χ0n) is 16.0. The van der Waals surface area contributed by atoms with Crippen molar-refractivity contribution < 1.29 is 8.42 Å². The maximum absolute atomic E-state index is 13.4. The summed E-state index contributed by atoms with van der Waals surface area (Å²) in [5.74, 6) is 0. The van der Waals surface area contributed by atoms with Crippen molar-refractivity contribution >= 4 is 33.5 Å². The number of nitrogens with zero attached hydrogens (tertiary/aromatic N) is 1. The van der Waals surface area contributed by atoms with Crippen molar-refractivity contribution in [1.82, 2.24) is 8.80 Å². The third-order valence-corrected chi connectivity index (χ3v) is 11.8. The van der Waals surface area contributed by atoms with Gasteiger partial charge in [0.15, 0.2) is 7.41 Å². The molecule has 0 spiro atoms. The van der Waals surface area contributed by atoms with E-state index in [0.29, 0.717) is 6.54 Å². The first kappa shape index (κ1) is 19.3. The molecule has 1 N–H and O–H groups in total. The fourth-order valence-electron chi connectivity index (χ4n) is 3.89. The Bertz CT molecular complexity index is 959. The predicted molar refractivity (Wildman–Crippen MR) is 118 cm³/mol. The van der Waals surface area contributed by atoms with E-state index in [0.717, 1.165) is 15.9 Å². The van der Waals surface area contributed by atoms with Gasteiger partial charge in [-0.15, -0.1) is 0 Å². The smallest absolute Gasteiger partial charge is 0.192 e. The van der Waals surface area contributed by atoms with Crippen LogP contribution in [0.25, 0.3) is 0 Å². The van der Waals surface area contributed by atoms with Gasteiger partial charge in [0.1, 0.15) is 15.9 Å². The van der Waals surface area contributed by atoms with Crippen molar-refractivity contribution in [1.29, 1.82) is 0 Å². The minimum Gasteiger partial charge on any atom is -0.192 e. The van der Waals surface area contributed by atoms with Gasteiger partial charge in [-0.1, -0.05) is 54.6 Å². The molecular formula is C22H24N2O2PS+. The summed E-state index contributed by atoms with van der Waals surface area (Å²) in [5, 5.41) is 3.07. The van der Waals surface area contributed by atoms with Gasteiger partial charge in [-0.25, -0.2) is 0 Å². The number of hydrogen-bond acceptors (Lipinski definition) is 2. The summed E-state index contributed by atoms with van der Waals surface area (Å²) < 4.78 is 31.4. The minimum absolute atomic E-state index is 0.405. The normalized spacial score (nSPS) is 18.8. The Balaban J connectivity index is 2.11. The molecule has 28 heavy (non-hydrogen) atoms. The molecule has 0 saturated carbocycles. The van der Waals surface area contributed by atoms with Crippen LogP contribution in [0.1, 0.15) is 13.8 Å². The van der Waals surface area contributed by atoms with Gasteiger partial charge in [0.05, 0.1) is 6.54 Å². The molecule has 0 atom stereocenters. The van der Waals surface area contributed by atoms with Crippen LogP contribution in [0.2, 0.25) is 0 Å². The second kappa shape index (κ2) is 7.09. The summed E-state index contributed by atoms with van der Waals surface area (Å²) in [7, 11) is -6.28. The molecule has 1 saturated heterocycles. The van der Waals surface area contributed by atoms with Crippen LogP contribution in [0.3, 0.4) is 0 Å². The lowest BCUT2D eigenvalue weighted by Gasteiger charge is -2.32. The van der Waals surface area contributed by atoms with E-state index in [2.05, 4.69) is 41.1 Å². The van der Waals surface area contributed by atoms with Crippen molar-refractivity contribution in [2.45, 2.75) is 19.4 Å². The van der Waals surface area contributed by atoms with Crippen LogP contribution in [-0.4, -0.2) is 24.6 Å². The molecule has 3 aromatic rings. The first-order chi connectivity index (χ1) is 13.4. The van der Waals surface area contributed by atoms with Crippen molar-refractivity contribution in [3.8, 4) is 0 Å². The molecule has 4 nitrogen and oxygen atoms in total. The Kier molecular flexibility index (Phi) is 4.88. The molecule has 3 aromatic carbocycles. The fourth-order valence-corrected chi connectivity index (χ4v) is 11.6. The lowest BCUT2D eigenvalue weighted by atomic mass is 10.1. The number of hydrogen-bond donors (Lipinski definition) is 1. The van der Waals surface area contributed by atoms with Crippen LogP contribution >= 0.6 is 7.41 Å². The van der Waals surface area contributed by atoms with Crippen molar-refractivity contribution in [3.63, 3.8) is 0 Å². The van der Waals surface area contributed by atoms with E-state index in [4.69, 9.17) is 0 Å². The van der Waals surface area contributed by atoms with Crippen molar-refractivity contribution in [3.05, 3.63) is 91.0 Å². The Morgan fingerprint density at radius 2 is 1.11 bits per heavy atom. The van der Waals surface area contributed by atoms with Gasteiger partial charge in [-0.05, 0) is 54.3 Å². The van der Waals surface area contributed by atoms with Crippen molar-refractivity contribution in [2.75, 3.05) is 6.54 Å². The number of rotatable bonds is 4. The van der Waals surface area contributed by atoms with Gasteiger partial charge in [0, 0.05) is 5.54 Å². The largest absolute Gasteiger partial charge is 0.310 e. The average molecular weight is 411 g/mol. The monoisotopic (exact) mass is 411 g/mol. The molecule has 1 aliphatic rings. The Morgan fingerprint density at radius 1 is 0.750 bits per heavy atom. The zero-order valence-corrected chi connectivity index (χ0v) is 17.7. The Morgan fingerprint density at radius 3 is 1.39 bits per heavy atom. The van der Waals surface area contributed by atoms with E-state index in [1.807, 2.05) is 68.4 Å². The lowest BCUT2D eigenvalue weighted by Crippen LogP contribution is -2.45. The van der Waals surface area contributed by atoms with Gasteiger partial charge in [-0.2, -0.15) is 13.1 Å². The van der Waals surface area contributed by atoms with Gasteiger partial charge in [-0.3, -0.25) is 0 Å². The van der Waals surface area contributed by atoms with Crippen LogP contribution in [0.5, 0.6) is 0 Å². The first-order valence-corrected chi connectivity index (χ1v) is 12.4. The van der Waals surface area contributed by atoms with Crippen LogP contribution < -0.4 is 20.6 Å². The van der Waals surface area contributed by atoms with E-state index in [1.165, 1.54) is 0 Å². The molecular weight excluding hydrogens is 387 g/mol. The molecule has 0 bridgehead atoms. The molecule has 1 fully saturated rings. The summed E-state index contributed by atoms with van der Waals surface area (Å²) in [6.07, 6.45) is 0. The van der Waals surface area contributed by atoms with E-state index in [9.17, 15) is 8.42 Å². The summed E-state index contributed by atoms with van der Waals surface area (Å²) in [6.45, 7) is 4.27. The third kappa shape index (κ3) is 3.19. The van der Waals surface area contributed by atoms with Crippen LogP contribution in [-0.2, 0) is 10.2 Å². The summed E-state index contributed by atoms with van der Waals surface area (Å²) in [5.41, 5.74) is -0.539. The molecule has 0 amide bonds. The van der Waals surface area contributed by atoms with Gasteiger partial charge < -0.3 is 0 Å². The molecule has 1 aliphatic heterocycles. The van der Waals surface area contributed by atoms with E-state index < -0.39 is 23.2 Å². The Hall–Kier alpha value is -2.04. The van der Waals surface area contributed by atoms with E-state index >= 15 is 0 Å². The second-order valence-corrected chi connectivity index (χ2v) is 12.8. The highest BCUT2D eigenvalue weighted by molar-refractivity contribution is 8.05. The fraction of sp³-hybridized carbons (Fsp3) is 0.182. The summed E-state index contributed by atoms with van der Waals surface area (Å²) >= 11 is 0. The molecule has 0 aliphatic carbocycles. The zero-order chi connectivity index (χ0) is 19.8. The summed E-state index contributed by atoms with van der Waals surface area (Å²) in [6, 6.07) is 30.1. The topological polar surface area (TPSA) is 49.4 Å². The summed E-state index contributed by atoms with van der Waals surface area (Å²) in [4.78, 5) is 0. The third-order valence-electron chi connectivity index (χ3n) is 4.94. The second-order valence-electron chi connectivity index (χ2n) is 7.61. The SMILES string of the molecule is CC1(C)CN([P+](c2ccccc2)(c2ccccc2)c2ccccc2)S(=O)(=O)N1. The lowest BCUT2D eigenvalue weighted by molar-refractivity contribution is 0.470. The quantitative estimate of drug-likeness (QED) is 0.672. The molecule has 0 unspecified atom stereocenters. The van der Waals surface area contributed by atoms with E-state index in [1.54, 1.807) is 4.08 Å². The number of nitrogens with one attached hydrogen (secondary N) is 1. The van der Waals surface area contributed by atoms with Gasteiger partial charge in [0.2, 0.25) is 0 Å². The predicted octanol–water partition coefficient (Wildman–Crippen LogP) is 2.82. The molecule has 4 rings (SSSR count). The average Bonchev–Trinajstić information content (AvgIpc) is 2.92. The molecule has 6 heteroatoms. The maximum atomic E-state index is 13.4. The molecule has 0 aromatic heterocycles. The molecule has 144 valence electrons. The van der Waals surface area contributed by atoms with Crippen LogP contribution in [0.15, 0.2) is 91.0 Å². The minimum atomic E-state index is -3.66. The highest BCUT2D eigenvalue weighted by Gasteiger charge is 2.61. The van der Waals surface area contributed by atoms with Crippen LogP contribution in [0.4, 0.5) is 0 Å². The highest BCUT2D eigenvalue weighted by Crippen LogP contribution is 2.61. The number of benzene rings is 3. The Labute approximate surface area is 167 Å². The standard InChI is InChI=1S/C22H24N2O2PS/c1-22(2)18-24(28(25,26)23-22)27(19-12-6-3-7-13-19,20-14-8-4-9-15-20)21-16-10-5-11-17-21/h3-17,23H,18H2,1-2H3/q+1. The van der Waals surface area contributed by atoms with Crippen molar-refractivity contribution in [2.24, 2.45) is 0 Å². The first-order valence-electron chi connectivity index (χ1n) is 9.24. The van der Waals surface area contributed by atoms with Gasteiger partial charge >= 0.3 is 10.2 Å². The highest BCUT2D eigenvalue weighted by atomic mass is 32.2. The van der Waals surface area contributed by atoms with E-state index in [-0.39, 0.29) is 0 Å². The molecule has 1 heterocycles. The van der Waals surface area contributed by atoms with Crippen LogP contribution in [0, 0.1) is 0 Å². The van der Waals surface area contributed by atoms with Gasteiger partial charge in [0.25, 0.3) is 0 Å². The molecule has 0 radical (unpaired) electrons.